The normalized spacial score (nSPS) is 16.9. The number of allylic oxidation sites excluding steroid dienone is 2. The lowest BCUT2D eigenvalue weighted by atomic mass is 9.84. The van der Waals surface area contributed by atoms with Crippen molar-refractivity contribution in [3.63, 3.8) is 0 Å². The van der Waals surface area contributed by atoms with E-state index in [0.29, 0.717) is 12.5 Å². The van der Waals surface area contributed by atoms with Crippen molar-refractivity contribution < 1.29 is 9.47 Å². The van der Waals surface area contributed by atoms with E-state index in [2.05, 4.69) is 38.6 Å². The van der Waals surface area contributed by atoms with Crippen molar-refractivity contribution in [2.45, 2.75) is 77.6 Å². The third kappa shape index (κ3) is 5.93. The van der Waals surface area contributed by atoms with Crippen molar-refractivity contribution in [3.05, 3.63) is 47.6 Å². The maximum atomic E-state index is 6.08. The molecule has 1 aromatic carbocycles. The molecule has 0 amide bonds. The molecule has 0 radical (unpaired) electrons. The second kappa shape index (κ2) is 11.1. The molecule has 1 unspecified atom stereocenters. The van der Waals surface area contributed by atoms with Gasteiger partial charge in [0.1, 0.15) is 18.1 Å². The third-order valence-corrected chi connectivity index (χ3v) is 5.25. The summed E-state index contributed by atoms with van der Waals surface area (Å²) >= 11 is 0. The van der Waals surface area contributed by atoms with Gasteiger partial charge in [0.15, 0.2) is 0 Å². The van der Waals surface area contributed by atoms with Crippen LogP contribution in [0.15, 0.2) is 36.4 Å². The van der Waals surface area contributed by atoms with Gasteiger partial charge in [-0.15, -0.1) is 0 Å². The first-order chi connectivity index (χ1) is 12.7. The molecule has 0 aromatic heterocycles. The van der Waals surface area contributed by atoms with Gasteiger partial charge in [0.25, 0.3) is 0 Å². The average Bonchev–Trinajstić information content (AvgIpc) is 2.65. The quantitative estimate of drug-likeness (QED) is 0.314. The highest BCUT2D eigenvalue weighted by Crippen LogP contribution is 2.42. The number of rotatable bonds is 11. The van der Waals surface area contributed by atoms with Gasteiger partial charge in [-0.2, -0.15) is 0 Å². The molecule has 0 spiro atoms. The fourth-order valence-corrected chi connectivity index (χ4v) is 3.87. The van der Waals surface area contributed by atoms with Gasteiger partial charge in [-0.1, -0.05) is 56.9 Å². The van der Waals surface area contributed by atoms with E-state index in [9.17, 15) is 0 Å². The molecule has 1 aliphatic rings. The predicted octanol–water partition coefficient (Wildman–Crippen LogP) is 6.99. The van der Waals surface area contributed by atoms with E-state index in [4.69, 9.17) is 9.47 Å². The van der Waals surface area contributed by atoms with Crippen LogP contribution >= 0.6 is 0 Å². The van der Waals surface area contributed by atoms with Gasteiger partial charge in [0.05, 0.1) is 7.11 Å². The van der Waals surface area contributed by atoms with Crippen LogP contribution in [0.2, 0.25) is 0 Å². The third-order valence-electron chi connectivity index (χ3n) is 5.25. The van der Waals surface area contributed by atoms with Gasteiger partial charge in [0, 0.05) is 11.5 Å². The Bertz CT molecular complexity index is 600. The standard InChI is InChI=1S/C24H36O2/c1-5-7-8-9-10-13-20-17-22(25-4)24(23(18-20)26-15-6-2)21-14-11-12-19(3)16-21/h6,16-18,21H,2,5,7-15H2,1,3-4H3. The highest BCUT2D eigenvalue weighted by Gasteiger charge is 2.23. The molecule has 0 saturated carbocycles. The van der Waals surface area contributed by atoms with Crippen LogP contribution < -0.4 is 9.47 Å². The minimum atomic E-state index is 0.386. The molecule has 0 saturated heterocycles. The highest BCUT2D eigenvalue weighted by molar-refractivity contribution is 5.52. The predicted molar refractivity (Wildman–Crippen MR) is 111 cm³/mol. The molecule has 2 rings (SSSR count). The first-order valence-electron chi connectivity index (χ1n) is 10.3. The Hall–Kier alpha value is -1.70. The number of unbranched alkanes of at least 4 members (excludes halogenated alkanes) is 4. The van der Waals surface area contributed by atoms with E-state index in [1.165, 1.54) is 61.6 Å². The molecule has 0 heterocycles. The first-order valence-corrected chi connectivity index (χ1v) is 10.3. The van der Waals surface area contributed by atoms with Gasteiger partial charge in [0.2, 0.25) is 0 Å². The van der Waals surface area contributed by atoms with Gasteiger partial charge in [-0.25, -0.2) is 0 Å². The first kappa shape index (κ1) is 20.6. The van der Waals surface area contributed by atoms with E-state index in [1.807, 2.05) is 6.08 Å². The molecule has 0 fully saturated rings. The molecule has 1 aromatic rings. The monoisotopic (exact) mass is 356 g/mol. The van der Waals surface area contributed by atoms with E-state index in [1.54, 1.807) is 7.11 Å². The minimum Gasteiger partial charge on any atom is -0.496 e. The van der Waals surface area contributed by atoms with E-state index >= 15 is 0 Å². The average molecular weight is 357 g/mol. The van der Waals surface area contributed by atoms with Gasteiger partial charge < -0.3 is 9.47 Å². The van der Waals surface area contributed by atoms with Crippen LogP contribution in [-0.4, -0.2) is 13.7 Å². The van der Waals surface area contributed by atoms with Crippen molar-refractivity contribution in [1.29, 1.82) is 0 Å². The zero-order chi connectivity index (χ0) is 18.8. The van der Waals surface area contributed by atoms with Crippen molar-refractivity contribution in [2.75, 3.05) is 13.7 Å². The number of benzene rings is 1. The number of aryl methyl sites for hydroxylation is 1. The maximum Gasteiger partial charge on any atom is 0.127 e. The van der Waals surface area contributed by atoms with Crippen LogP contribution in [0, 0.1) is 0 Å². The summed E-state index contributed by atoms with van der Waals surface area (Å²) < 4.78 is 11.9. The molecular weight excluding hydrogens is 320 g/mol. The van der Waals surface area contributed by atoms with Crippen LogP contribution in [0.1, 0.15) is 82.3 Å². The lowest BCUT2D eigenvalue weighted by Crippen LogP contribution is -2.08. The van der Waals surface area contributed by atoms with Crippen molar-refractivity contribution >= 4 is 0 Å². The van der Waals surface area contributed by atoms with E-state index in [0.717, 1.165) is 24.3 Å². The zero-order valence-corrected chi connectivity index (χ0v) is 17.0. The summed E-state index contributed by atoms with van der Waals surface area (Å²) in [6, 6.07) is 4.46. The largest absolute Gasteiger partial charge is 0.496 e. The number of ether oxygens (including phenoxy) is 2. The Morgan fingerprint density at radius 3 is 2.62 bits per heavy atom. The second-order valence-electron chi connectivity index (χ2n) is 7.49. The summed E-state index contributed by atoms with van der Waals surface area (Å²) in [6.45, 7) is 8.83. The fraction of sp³-hybridized carbons (Fsp3) is 0.583. The van der Waals surface area contributed by atoms with Gasteiger partial charge in [-0.3, -0.25) is 0 Å². The summed E-state index contributed by atoms with van der Waals surface area (Å²) in [5.74, 6) is 2.34. The fourth-order valence-electron chi connectivity index (χ4n) is 3.87. The molecular formula is C24H36O2. The van der Waals surface area contributed by atoms with Crippen LogP contribution in [0.3, 0.4) is 0 Å². The molecule has 2 nitrogen and oxygen atoms in total. The molecule has 26 heavy (non-hydrogen) atoms. The summed E-state index contributed by atoms with van der Waals surface area (Å²) in [5.41, 5.74) is 4.00. The highest BCUT2D eigenvalue weighted by atomic mass is 16.5. The zero-order valence-electron chi connectivity index (χ0n) is 17.0. The van der Waals surface area contributed by atoms with Crippen LogP contribution in [-0.2, 0) is 6.42 Å². The lowest BCUT2D eigenvalue weighted by Gasteiger charge is -2.25. The van der Waals surface area contributed by atoms with E-state index in [-0.39, 0.29) is 0 Å². The van der Waals surface area contributed by atoms with Crippen molar-refractivity contribution in [1.82, 2.24) is 0 Å². The van der Waals surface area contributed by atoms with Gasteiger partial charge >= 0.3 is 0 Å². The van der Waals surface area contributed by atoms with Crippen LogP contribution in [0.25, 0.3) is 0 Å². The Labute approximate surface area is 160 Å². The summed E-state index contributed by atoms with van der Waals surface area (Å²) in [7, 11) is 1.78. The smallest absolute Gasteiger partial charge is 0.127 e. The number of hydrogen-bond acceptors (Lipinski definition) is 2. The molecule has 144 valence electrons. The Morgan fingerprint density at radius 2 is 1.92 bits per heavy atom. The molecule has 1 aliphatic carbocycles. The summed E-state index contributed by atoms with van der Waals surface area (Å²) in [4.78, 5) is 0. The van der Waals surface area contributed by atoms with E-state index < -0.39 is 0 Å². The Kier molecular flexibility index (Phi) is 8.80. The molecule has 0 aliphatic heterocycles. The second-order valence-corrected chi connectivity index (χ2v) is 7.49. The maximum absolute atomic E-state index is 6.08. The Morgan fingerprint density at radius 1 is 1.15 bits per heavy atom. The summed E-state index contributed by atoms with van der Waals surface area (Å²) in [5, 5.41) is 0. The lowest BCUT2D eigenvalue weighted by molar-refractivity contribution is 0.346. The molecule has 0 N–H and O–H groups in total. The van der Waals surface area contributed by atoms with Crippen LogP contribution in [0.5, 0.6) is 11.5 Å². The molecule has 2 heteroatoms. The van der Waals surface area contributed by atoms with Gasteiger partial charge in [-0.05, 0) is 56.7 Å². The topological polar surface area (TPSA) is 18.5 Å². The molecule has 0 bridgehead atoms. The number of hydrogen-bond donors (Lipinski definition) is 0. The Balaban J connectivity index is 2.24. The van der Waals surface area contributed by atoms with Crippen molar-refractivity contribution in [2.24, 2.45) is 0 Å². The minimum absolute atomic E-state index is 0.386. The van der Waals surface area contributed by atoms with Crippen LogP contribution in [0.4, 0.5) is 0 Å². The molecule has 1 atom stereocenters. The van der Waals surface area contributed by atoms with Crippen molar-refractivity contribution in [3.8, 4) is 11.5 Å². The summed E-state index contributed by atoms with van der Waals surface area (Å²) in [6.07, 6.45) is 15.4. The number of methoxy groups -OCH3 is 1. The SMILES string of the molecule is C=CCOc1cc(CCCCCCC)cc(OC)c1C1C=C(C)CCC1.